The Kier molecular flexibility index (Phi) is 24.9. The van der Waals surface area contributed by atoms with Crippen molar-refractivity contribution in [1.29, 1.82) is 0 Å². The molecule has 0 radical (unpaired) electrons. The summed E-state index contributed by atoms with van der Waals surface area (Å²) in [6.07, 6.45) is 44.2. The Morgan fingerprint density at radius 2 is 0.565 bits per heavy atom. The van der Waals surface area contributed by atoms with E-state index >= 15 is 0 Å². The number of rotatable bonds is 34. The molecule has 0 N–H and O–H groups in total. The van der Waals surface area contributed by atoms with Gasteiger partial charge in [0.25, 0.3) is 0 Å². The zero-order valence-corrected chi connectivity index (χ0v) is 43.1. The summed E-state index contributed by atoms with van der Waals surface area (Å²) in [6, 6.07) is 24.8. The first-order valence-electron chi connectivity index (χ1n) is 27.1. The van der Waals surface area contributed by atoms with E-state index in [1.165, 1.54) is 198 Å². The SMILES string of the molecule is CCCCCCc1cc(CCCCCC)cc([Si](c2cc(CCCCCC)cc(CCCCCC)c2)(c2cc(CCCCCC)cc(CCCCCC)c2)C2C=C(C)C=C2C)c1. The van der Waals surface area contributed by atoms with Crippen molar-refractivity contribution in [3.05, 3.63) is 111 Å². The Balaban J connectivity index is 2.12. The zero-order valence-electron chi connectivity index (χ0n) is 42.1. The van der Waals surface area contributed by atoms with E-state index in [4.69, 9.17) is 0 Å². The van der Waals surface area contributed by atoms with Crippen LogP contribution >= 0.6 is 0 Å². The minimum absolute atomic E-state index is 0.400. The van der Waals surface area contributed by atoms with Crippen LogP contribution in [0.25, 0.3) is 0 Å². The summed E-state index contributed by atoms with van der Waals surface area (Å²) in [7, 11) is -2.76. The van der Waals surface area contributed by atoms with Crippen molar-refractivity contribution >= 4 is 23.6 Å². The van der Waals surface area contributed by atoms with Crippen LogP contribution in [0, 0.1) is 0 Å². The Bertz CT molecular complexity index is 1490. The van der Waals surface area contributed by atoms with Crippen LogP contribution in [0.15, 0.2) is 77.9 Å². The number of hydrogen-bond donors (Lipinski definition) is 0. The summed E-state index contributed by atoms with van der Waals surface area (Å²) >= 11 is 0. The van der Waals surface area contributed by atoms with Gasteiger partial charge in [0.1, 0.15) is 0 Å². The molecule has 3 aromatic carbocycles. The van der Waals surface area contributed by atoms with E-state index in [0.29, 0.717) is 5.54 Å². The van der Waals surface area contributed by atoms with Gasteiger partial charge in [0.05, 0.1) is 0 Å². The van der Waals surface area contributed by atoms with E-state index in [2.05, 4.69) is 122 Å². The van der Waals surface area contributed by atoms with Gasteiger partial charge in [-0.3, -0.25) is 0 Å². The molecular formula is C61H96Si. The number of hydrogen-bond acceptors (Lipinski definition) is 0. The maximum atomic E-state index is 2.80. The Morgan fingerprint density at radius 3 is 0.758 bits per heavy atom. The molecule has 62 heavy (non-hydrogen) atoms. The number of aryl methyl sites for hydroxylation is 6. The molecule has 0 bridgehead atoms. The van der Waals surface area contributed by atoms with Crippen LogP contribution in [0.1, 0.15) is 243 Å². The highest BCUT2D eigenvalue weighted by molar-refractivity contribution is 7.13. The highest BCUT2D eigenvalue weighted by Gasteiger charge is 2.48. The highest BCUT2D eigenvalue weighted by Crippen LogP contribution is 2.39. The second-order valence-corrected chi connectivity index (χ2v) is 24.0. The maximum Gasteiger partial charge on any atom is 0.159 e. The van der Waals surface area contributed by atoms with Crippen molar-refractivity contribution in [2.24, 2.45) is 0 Å². The minimum Gasteiger partial charge on any atom is -0.0761 e. The first-order chi connectivity index (χ1) is 30.3. The molecule has 0 nitrogen and oxygen atoms in total. The van der Waals surface area contributed by atoms with E-state index in [-0.39, 0.29) is 0 Å². The smallest absolute Gasteiger partial charge is 0.0761 e. The lowest BCUT2D eigenvalue weighted by molar-refractivity contribution is 0.661. The van der Waals surface area contributed by atoms with E-state index in [1.807, 2.05) is 0 Å². The quantitative estimate of drug-likeness (QED) is 0.0319. The summed E-state index contributed by atoms with van der Waals surface area (Å²) in [5, 5.41) is 5.08. The fraction of sp³-hybridized carbons (Fsp3) is 0.639. The van der Waals surface area contributed by atoms with E-state index in [0.717, 1.165) is 0 Å². The summed E-state index contributed by atoms with van der Waals surface area (Å²) in [4.78, 5) is 0. The summed E-state index contributed by atoms with van der Waals surface area (Å²) in [6.45, 7) is 19.0. The van der Waals surface area contributed by atoms with Crippen LogP contribution < -0.4 is 15.6 Å². The summed E-state index contributed by atoms with van der Waals surface area (Å²) < 4.78 is 0. The van der Waals surface area contributed by atoms with Crippen molar-refractivity contribution < 1.29 is 0 Å². The third kappa shape index (κ3) is 16.4. The van der Waals surface area contributed by atoms with E-state index in [9.17, 15) is 0 Å². The van der Waals surface area contributed by atoms with Gasteiger partial charge in [0, 0.05) is 5.54 Å². The highest BCUT2D eigenvalue weighted by atomic mass is 28.3. The molecule has 0 saturated heterocycles. The molecule has 3 aromatic rings. The molecule has 1 aliphatic rings. The monoisotopic (exact) mass is 857 g/mol. The van der Waals surface area contributed by atoms with Crippen LogP contribution in [0.4, 0.5) is 0 Å². The van der Waals surface area contributed by atoms with Crippen LogP contribution in [-0.4, -0.2) is 8.07 Å². The molecule has 1 unspecified atom stereocenters. The average molecular weight is 858 g/mol. The molecule has 0 amide bonds. The van der Waals surface area contributed by atoms with Gasteiger partial charge in [-0.15, -0.1) is 0 Å². The fourth-order valence-electron chi connectivity index (χ4n) is 10.8. The molecule has 1 heteroatoms. The second-order valence-electron chi connectivity index (χ2n) is 20.1. The Labute approximate surface area is 386 Å². The lowest BCUT2D eigenvalue weighted by atomic mass is 10.00. The van der Waals surface area contributed by atoms with Crippen molar-refractivity contribution in [2.75, 3.05) is 0 Å². The third-order valence-corrected chi connectivity index (χ3v) is 19.4. The molecule has 1 atom stereocenters. The van der Waals surface area contributed by atoms with E-state index in [1.54, 1.807) is 54.5 Å². The molecule has 0 aliphatic heterocycles. The van der Waals surface area contributed by atoms with Gasteiger partial charge in [-0.05, 0) is 140 Å². The molecule has 0 saturated carbocycles. The predicted molar refractivity (Wildman–Crippen MR) is 282 cm³/mol. The summed E-state index contributed by atoms with van der Waals surface area (Å²) in [5.41, 5.74) is 13.1. The molecular weight excluding hydrogens is 761 g/mol. The van der Waals surface area contributed by atoms with E-state index < -0.39 is 8.07 Å². The second kappa shape index (κ2) is 29.7. The largest absolute Gasteiger partial charge is 0.159 e. The van der Waals surface area contributed by atoms with Crippen LogP contribution in [-0.2, 0) is 38.5 Å². The molecule has 0 heterocycles. The first-order valence-corrected chi connectivity index (χ1v) is 29.2. The van der Waals surface area contributed by atoms with Gasteiger partial charge < -0.3 is 0 Å². The number of unbranched alkanes of at least 4 members (excludes halogenated alkanes) is 18. The normalized spacial score (nSPS) is 14.2. The average Bonchev–Trinajstić information content (AvgIpc) is 3.61. The third-order valence-electron chi connectivity index (χ3n) is 14.3. The van der Waals surface area contributed by atoms with Crippen molar-refractivity contribution in [3.63, 3.8) is 0 Å². The molecule has 0 fully saturated rings. The maximum absolute atomic E-state index is 2.80. The molecule has 4 rings (SSSR count). The molecule has 0 spiro atoms. The van der Waals surface area contributed by atoms with Gasteiger partial charge in [-0.25, -0.2) is 0 Å². The number of benzene rings is 3. The van der Waals surface area contributed by atoms with Crippen molar-refractivity contribution in [1.82, 2.24) is 0 Å². The summed E-state index contributed by atoms with van der Waals surface area (Å²) in [5.74, 6) is 0. The van der Waals surface area contributed by atoms with Crippen LogP contribution in [0.3, 0.4) is 0 Å². The molecule has 0 aromatic heterocycles. The standard InChI is InChI=1S/C61H96Si/c1-9-15-21-27-33-52-41-53(34-28-22-16-10-2)45-58(44-52)62(61-40-50(7)39-51(61)8,59-46-54(35-29-23-17-11-3)42-55(47-59)36-30-24-18-12-4)60-48-56(37-31-25-19-13-5)43-57(49-60)38-32-26-20-14-6/h39-49,61H,9-38H2,1-8H3. The lowest BCUT2D eigenvalue weighted by Gasteiger charge is -2.41. The topological polar surface area (TPSA) is 0 Å². The van der Waals surface area contributed by atoms with Gasteiger partial charge >= 0.3 is 0 Å². The minimum atomic E-state index is -2.76. The van der Waals surface area contributed by atoms with Gasteiger partial charge in [-0.1, -0.05) is 235 Å². The van der Waals surface area contributed by atoms with Crippen molar-refractivity contribution in [3.8, 4) is 0 Å². The Hall–Kier alpha value is -2.64. The Morgan fingerprint density at radius 1 is 0.323 bits per heavy atom. The predicted octanol–water partition coefficient (Wildman–Crippen LogP) is 17.2. The first kappa shape index (κ1) is 52.0. The lowest BCUT2D eigenvalue weighted by Crippen LogP contribution is -2.70. The van der Waals surface area contributed by atoms with Crippen LogP contribution in [0.2, 0.25) is 5.54 Å². The van der Waals surface area contributed by atoms with Gasteiger partial charge in [0.15, 0.2) is 8.07 Å². The zero-order chi connectivity index (χ0) is 44.4. The van der Waals surface area contributed by atoms with Gasteiger partial charge in [-0.2, -0.15) is 0 Å². The molecule has 1 aliphatic carbocycles. The number of allylic oxidation sites excluding steroid dienone is 4. The fourth-order valence-corrected chi connectivity index (χ4v) is 16.6. The van der Waals surface area contributed by atoms with Gasteiger partial charge in [0.2, 0.25) is 0 Å². The van der Waals surface area contributed by atoms with Crippen molar-refractivity contribution in [2.45, 2.75) is 254 Å². The van der Waals surface area contributed by atoms with Crippen LogP contribution in [0.5, 0.6) is 0 Å². The molecule has 344 valence electrons.